The molecule has 0 saturated carbocycles. The van der Waals surface area contributed by atoms with Gasteiger partial charge in [-0.25, -0.2) is 9.18 Å². The highest BCUT2D eigenvalue weighted by molar-refractivity contribution is 5.73. The van der Waals surface area contributed by atoms with Crippen LogP contribution in [0.2, 0.25) is 0 Å². The molecule has 148 valence electrons. The predicted molar refractivity (Wildman–Crippen MR) is 104 cm³/mol. The number of benzene rings is 2. The van der Waals surface area contributed by atoms with E-state index in [1.54, 1.807) is 31.2 Å². The highest BCUT2D eigenvalue weighted by Crippen LogP contribution is 2.32. The summed E-state index contributed by atoms with van der Waals surface area (Å²) in [4.78, 5) is 13.8. The summed E-state index contributed by atoms with van der Waals surface area (Å²) in [7, 11) is 0. The van der Waals surface area contributed by atoms with Gasteiger partial charge in [0.15, 0.2) is 0 Å². The van der Waals surface area contributed by atoms with Crippen LogP contribution in [0.4, 0.5) is 9.18 Å². The monoisotopic (exact) mass is 377 g/mol. The van der Waals surface area contributed by atoms with E-state index in [1.807, 2.05) is 26.0 Å². The Hall–Kier alpha value is -2.60. The number of nitrogens with zero attached hydrogens (tertiary/aromatic N) is 1. The number of carbonyl (C=O) groups is 1. The zero-order valence-corrected chi connectivity index (χ0v) is 15.8. The van der Waals surface area contributed by atoms with Gasteiger partial charge in [0.25, 0.3) is 0 Å². The standard InChI is InChI=1S/C19H18FNO4.C2H6.2H2/c1-12-3-2-4-14(18(12)20)9-21-8-13-5-6-15(24-16-10-23-11-16)7-17(13)25-19(21)22;1-2;;/h2-7,16H,8-11H2,1H3;1-2H3;2*1H. The molecule has 4 rings (SSSR count). The summed E-state index contributed by atoms with van der Waals surface area (Å²) in [6.45, 7) is 7.40. The first-order valence-electron chi connectivity index (χ1n) is 9.18. The first-order valence-corrected chi connectivity index (χ1v) is 9.18. The van der Waals surface area contributed by atoms with E-state index in [2.05, 4.69) is 0 Å². The van der Waals surface area contributed by atoms with Crippen LogP contribution in [0.5, 0.6) is 11.5 Å². The third-order valence-corrected chi connectivity index (χ3v) is 4.40. The molecule has 0 unspecified atom stereocenters. The topological polar surface area (TPSA) is 48.0 Å². The van der Waals surface area contributed by atoms with Crippen molar-refractivity contribution in [3.05, 3.63) is 58.9 Å². The van der Waals surface area contributed by atoms with Crippen LogP contribution in [0.25, 0.3) is 0 Å². The van der Waals surface area contributed by atoms with Gasteiger partial charge in [0, 0.05) is 20.0 Å². The Morgan fingerprint density at radius 2 is 2.04 bits per heavy atom. The lowest BCUT2D eigenvalue weighted by molar-refractivity contribution is -0.0797. The van der Waals surface area contributed by atoms with Crippen molar-refractivity contribution >= 4 is 6.09 Å². The second kappa shape index (κ2) is 8.39. The van der Waals surface area contributed by atoms with Gasteiger partial charge in [-0.05, 0) is 24.6 Å². The van der Waals surface area contributed by atoms with E-state index in [9.17, 15) is 9.18 Å². The molecule has 2 aromatic rings. The van der Waals surface area contributed by atoms with Crippen LogP contribution in [-0.2, 0) is 17.8 Å². The summed E-state index contributed by atoms with van der Waals surface area (Å²) in [6.07, 6.45) is -0.435. The maximum Gasteiger partial charge on any atom is 0.415 e. The number of ether oxygens (including phenoxy) is 3. The van der Waals surface area contributed by atoms with Gasteiger partial charge in [0.1, 0.15) is 23.4 Å². The molecular formula is C21H28FNO4. The summed E-state index contributed by atoms with van der Waals surface area (Å²) in [5, 5.41) is 0. The van der Waals surface area contributed by atoms with Gasteiger partial charge in [-0.2, -0.15) is 0 Å². The number of carbonyl (C=O) groups excluding carboxylic acids is 1. The van der Waals surface area contributed by atoms with E-state index in [-0.39, 0.29) is 21.3 Å². The number of rotatable bonds is 4. The highest BCUT2D eigenvalue weighted by atomic mass is 19.1. The van der Waals surface area contributed by atoms with E-state index in [1.165, 1.54) is 4.90 Å². The highest BCUT2D eigenvalue weighted by Gasteiger charge is 2.27. The van der Waals surface area contributed by atoms with Crippen LogP contribution in [-0.4, -0.2) is 30.3 Å². The number of halogens is 1. The van der Waals surface area contributed by atoms with Crippen molar-refractivity contribution in [1.82, 2.24) is 4.90 Å². The molecule has 2 aromatic carbocycles. The zero-order valence-electron chi connectivity index (χ0n) is 15.8. The van der Waals surface area contributed by atoms with Crippen LogP contribution in [0.1, 0.15) is 33.4 Å². The number of fused-ring (bicyclic) bond motifs is 1. The maximum absolute atomic E-state index is 14.2. The van der Waals surface area contributed by atoms with Gasteiger partial charge in [-0.15, -0.1) is 0 Å². The molecule has 1 saturated heterocycles. The van der Waals surface area contributed by atoms with E-state index in [0.29, 0.717) is 42.4 Å². The SMILES string of the molecule is CC.Cc1cccc(CN2Cc3ccc(OC4COC4)cc3OC2=O)c1F.[HH].[HH]. The van der Waals surface area contributed by atoms with E-state index >= 15 is 0 Å². The molecule has 0 atom stereocenters. The van der Waals surface area contributed by atoms with Crippen LogP contribution < -0.4 is 9.47 Å². The molecule has 0 radical (unpaired) electrons. The summed E-state index contributed by atoms with van der Waals surface area (Å²) >= 11 is 0. The quantitative estimate of drug-likeness (QED) is 0.757. The Bertz CT molecular complexity index is 830. The van der Waals surface area contributed by atoms with Crippen molar-refractivity contribution in [2.45, 2.75) is 40.0 Å². The van der Waals surface area contributed by atoms with Gasteiger partial charge >= 0.3 is 6.09 Å². The number of hydrogen-bond acceptors (Lipinski definition) is 4. The second-order valence-corrected chi connectivity index (χ2v) is 6.32. The fourth-order valence-corrected chi connectivity index (χ4v) is 2.89. The first kappa shape index (κ1) is 19.2. The van der Waals surface area contributed by atoms with Crippen molar-refractivity contribution in [1.29, 1.82) is 0 Å². The Balaban J connectivity index is 0.00000102. The van der Waals surface area contributed by atoms with Gasteiger partial charge < -0.3 is 14.2 Å². The largest absolute Gasteiger partial charge is 0.485 e. The smallest absolute Gasteiger partial charge is 0.415 e. The lowest BCUT2D eigenvalue weighted by Gasteiger charge is -2.30. The van der Waals surface area contributed by atoms with E-state index in [0.717, 1.165) is 5.56 Å². The molecule has 0 bridgehead atoms. The lowest BCUT2D eigenvalue weighted by Crippen LogP contribution is -2.39. The minimum absolute atomic E-state index is 0. The molecule has 2 aliphatic heterocycles. The molecule has 0 aliphatic carbocycles. The van der Waals surface area contributed by atoms with Gasteiger partial charge in [-0.3, -0.25) is 4.90 Å². The molecule has 27 heavy (non-hydrogen) atoms. The molecule has 6 heteroatoms. The van der Waals surface area contributed by atoms with Crippen LogP contribution in [0, 0.1) is 12.7 Å². The maximum atomic E-state index is 14.2. The Morgan fingerprint density at radius 1 is 1.26 bits per heavy atom. The zero-order chi connectivity index (χ0) is 19.4. The van der Waals surface area contributed by atoms with Gasteiger partial charge in [0.2, 0.25) is 0 Å². The normalized spacial score (nSPS) is 15.9. The third kappa shape index (κ3) is 4.22. The third-order valence-electron chi connectivity index (χ3n) is 4.40. The molecule has 2 aliphatic rings. The molecule has 5 nitrogen and oxygen atoms in total. The fourth-order valence-electron chi connectivity index (χ4n) is 2.89. The van der Waals surface area contributed by atoms with Crippen LogP contribution in [0.15, 0.2) is 36.4 Å². The number of hydrogen-bond donors (Lipinski definition) is 0. The summed E-state index contributed by atoms with van der Waals surface area (Å²) < 4.78 is 30.4. The minimum Gasteiger partial charge on any atom is -0.485 e. The minimum atomic E-state index is -0.488. The number of aryl methyl sites for hydroxylation is 1. The van der Waals surface area contributed by atoms with E-state index in [4.69, 9.17) is 14.2 Å². The molecule has 1 fully saturated rings. The summed E-state index contributed by atoms with van der Waals surface area (Å²) in [5.41, 5.74) is 1.90. The van der Waals surface area contributed by atoms with Crippen molar-refractivity contribution in [3.8, 4) is 11.5 Å². The first-order chi connectivity index (χ1) is 13.1. The Labute approximate surface area is 161 Å². The average Bonchev–Trinajstić information content (AvgIpc) is 2.64. The summed E-state index contributed by atoms with van der Waals surface area (Å²) in [5.74, 6) is 0.856. The molecular weight excluding hydrogens is 349 g/mol. The molecule has 0 spiro atoms. The molecule has 0 N–H and O–H groups in total. The molecule has 2 heterocycles. The van der Waals surface area contributed by atoms with Crippen LogP contribution >= 0.6 is 0 Å². The van der Waals surface area contributed by atoms with Gasteiger partial charge in [-0.1, -0.05) is 32.0 Å². The molecule has 1 amide bonds. The summed E-state index contributed by atoms with van der Waals surface area (Å²) in [6, 6.07) is 10.6. The second-order valence-electron chi connectivity index (χ2n) is 6.32. The number of amides is 1. The molecule has 0 aromatic heterocycles. The van der Waals surface area contributed by atoms with Crippen molar-refractivity contribution in [2.75, 3.05) is 13.2 Å². The lowest BCUT2D eigenvalue weighted by atomic mass is 10.1. The fraction of sp³-hybridized carbons (Fsp3) is 0.381. The van der Waals surface area contributed by atoms with Crippen molar-refractivity contribution < 1.29 is 26.2 Å². The van der Waals surface area contributed by atoms with Gasteiger partial charge in [0.05, 0.1) is 26.3 Å². The predicted octanol–water partition coefficient (Wildman–Crippen LogP) is 4.94. The van der Waals surface area contributed by atoms with E-state index < -0.39 is 6.09 Å². The van der Waals surface area contributed by atoms with Crippen molar-refractivity contribution in [3.63, 3.8) is 0 Å². The Kier molecular flexibility index (Phi) is 5.96. The van der Waals surface area contributed by atoms with Crippen molar-refractivity contribution in [2.24, 2.45) is 0 Å². The Morgan fingerprint density at radius 3 is 2.74 bits per heavy atom. The van der Waals surface area contributed by atoms with Crippen LogP contribution in [0.3, 0.4) is 0 Å². The average molecular weight is 377 g/mol.